The number of nitrogens with zero attached hydrogens (tertiary/aromatic N) is 1. The van der Waals surface area contributed by atoms with Crippen LogP contribution in [0.1, 0.15) is 21.6 Å². The average Bonchev–Trinajstić information content (AvgIpc) is 2.71. The summed E-state index contributed by atoms with van der Waals surface area (Å²) in [6.07, 6.45) is -3.37. The SMILES string of the molecule is Cc1c(NC(=O)Nc2ccc(Oc3ccnc(C(=O)O)c3)cc2)ccc(Cl)c1C(F)(F)F. The summed E-state index contributed by atoms with van der Waals surface area (Å²) in [4.78, 5) is 26.9. The lowest BCUT2D eigenvalue weighted by Crippen LogP contribution is -2.21. The number of pyridine rings is 1. The minimum Gasteiger partial charge on any atom is -0.477 e. The second-order valence-electron chi connectivity index (χ2n) is 6.48. The molecule has 1 aromatic heterocycles. The number of carbonyl (C=O) groups excluding carboxylic acids is 1. The van der Waals surface area contributed by atoms with Crippen LogP contribution in [0.2, 0.25) is 5.02 Å². The predicted octanol–water partition coefficient (Wildman–Crippen LogP) is 6.20. The zero-order valence-electron chi connectivity index (χ0n) is 16.3. The van der Waals surface area contributed by atoms with Crippen molar-refractivity contribution in [2.75, 3.05) is 10.6 Å². The van der Waals surface area contributed by atoms with Gasteiger partial charge in [0.05, 0.1) is 10.6 Å². The largest absolute Gasteiger partial charge is 0.477 e. The molecule has 166 valence electrons. The van der Waals surface area contributed by atoms with Crippen molar-refractivity contribution in [3.63, 3.8) is 0 Å². The first-order valence-corrected chi connectivity index (χ1v) is 9.34. The van der Waals surface area contributed by atoms with Crippen molar-refractivity contribution in [2.45, 2.75) is 13.1 Å². The Hall–Kier alpha value is -3.79. The van der Waals surface area contributed by atoms with E-state index in [1.165, 1.54) is 55.6 Å². The summed E-state index contributed by atoms with van der Waals surface area (Å²) in [5.74, 6) is -0.573. The molecule has 0 aliphatic carbocycles. The van der Waals surface area contributed by atoms with E-state index in [0.29, 0.717) is 11.4 Å². The molecule has 0 aliphatic heterocycles. The topological polar surface area (TPSA) is 101 Å². The van der Waals surface area contributed by atoms with Crippen molar-refractivity contribution in [1.82, 2.24) is 4.98 Å². The van der Waals surface area contributed by atoms with E-state index in [4.69, 9.17) is 21.4 Å². The maximum atomic E-state index is 13.2. The molecule has 0 unspecified atom stereocenters. The van der Waals surface area contributed by atoms with Crippen molar-refractivity contribution in [1.29, 1.82) is 0 Å². The summed E-state index contributed by atoms with van der Waals surface area (Å²) in [7, 11) is 0. The molecular formula is C21H15ClF3N3O4. The van der Waals surface area contributed by atoms with Gasteiger partial charge in [-0.3, -0.25) is 0 Å². The van der Waals surface area contributed by atoms with E-state index in [1.807, 2.05) is 0 Å². The minimum absolute atomic E-state index is 0.0360. The van der Waals surface area contributed by atoms with Crippen LogP contribution in [0.5, 0.6) is 11.5 Å². The average molecular weight is 466 g/mol. The Morgan fingerprint density at radius 1 is 1.03 bits per heavy atom. The molecule has 7 nitrogen and oxygen atoms in total. The number of nitrogens with one attached hydrogen (secondary N) is 2. The number of anilines is 2. The highest BCUT2D eigenvalue weighted by molar-refractivity contribution is 6.31. The van der Waals surface area contributed by atoms with E-state index in [2.05, 4.69) is 15.6 Å². The highest BCUT2D eigenvalue weighted by Gasteiger charge is 2.36. The third-order valence-electron chi connectivity index (χ3n) is 4.24. The number of carboxylic acids is 1. The summed E-state index contributed by atoms with van der Waals surface area (Å²) >= 11 is 5.66. The lowest BCUT2D eigenvalue weighted by atomic mass is 10.1. The van der Waals surface area contributed by atoms with Gasteiger partial charge >= 0.3 is 18.2 Å². The quantitative estimate of drug-likeness (QED) is 0.416. The van der Waals surface area contributed by atoms with Gasteiger partial charge in [-0.05, 0) is 55.0 Å². The van der Waals surface area contributed by atoms with Crippen LogP contribution < -0.4 is 15.4 Å². The summed E-state index contributed by atoms with van der Waals surface area (Å²) in [5, 5.41) is 13.4. The second kappa shape index (κ2) is 9.15. The van der Waals surface area contributed by atoms with E-state index >= 15 is 0 Å². The van der Waals surface area contributed by atoms with Crippen LogP contribution in [-0.2, 0) is 6.18 Å². The number of alkyl halides is 3. The minimum atomic E-state index is -4.66. The second-order valence-corrected chi connectivity index (χ2v) is 6.89. The number of amides is 2. The van der Waals surface area contributed by atoms with Crippen molar-refractivity contribution in [3.05, 3.63) is 76.6 Å². The number of rotatable bonds is 5. The Morgan fingerprint density at radius 3 is 2.34 bits per heavy atom. The van der Waals surface area contributed by atoms with E-state index in [0.717, 1.165) is 6.07 Å². The number of carboxylic acid groups (broad SMARTS) is 1. The van der Waals surface area contributed by atoms with Crippen LogP contribution in [0.15, 0.2) is 54.7 Å². The molecule has 0 saturated carbocycles. The molecule has 0 saturated heterocycles. The smallest absolute Gasteiger partial charge is 0.418 e. The molecule has 1 heterocycles. The molecule has 3 N–H and O–H groups in total. The maximum absolute atomic E-state index is 13.2. The molecule has 0 spiro atoms. The zero-order valence-corrected chi connectivity index (χ0v) is 17.1. The zero-order chi connectivity index (χ0) is 23.5. The molecular weight excluding hydrogens is 451 g/mol. The van der Waals surface area contributed by atoms with Gasteiger partial charge in [0.25, 0.3) is 0 Å². The predicted molar refractivity (Wildman–Crippen MR) is 112 cm³/mol. The van der Waals surface area contributed by atoms with Crippen LogP contribution in [-0.4, -0.2) is 22.1 Å². The molecule has 32 heavy (non-hydrogen) atoms. The van der Waals surface area contributed by atoms with Crippen LogP contribution >= 0.6 is 11.6 Å². The lowest BCUT2D eigenvalue weighted by molar-refractivity contribution is -0.137. The highest BCUT2D eigenvalue weighted by atomic mass is 35.5. The van der Waals surface area contributed by atoms with E-state index in [1.54, 1.807) is 0 Å². The van der Waals surface area contributed by atoms with Gasteiger partial charge in [0.1, 0.15) is 11.5 Å². The van der Waals surface area contributed by atoms with Crippen LogP contribution in [0, 0.1) is 6.92 Å². The van der Waals surface area contributed by atoms with Crippen LogP contribution in [0.25, 0.3) is 0 Å². The number of hydrogen-bond acceptors (Lipinski definition) is 4. The molecule has 0 radical (unpaired) electrons. The Morgan fingerprint density at radius 2 is 1.72 bits per heavy atom. The molecule has 3 rings (SSSR count). The monoisotopic (exact) mass is 465 g/mol. The summed E-state index contributed by atoms with van der Waals surface area (Å²) in [6, 6.07) is 10.4. The van der Waals surface area contributed by atoms with Crippen molar-refractivity contribution >= 4 is 35.0 Å². The van der Waals surface area contributed by atoms with Gasteiger partial charge in [-0.2, -0.15) is 13.2 Å². The first kappa shape index (κ1) is 22.9. The van der Waals surface area contributed by atoms with Crippen molar-refractivity contribution in [2.24, 2.45) is 0 Å². The van der Waals surface area contributed by atoms with Crippen molar-refractivity contribution in [3.8, 4) is 11.5 Å². The maximum Gasteiger partial charge on any atom is 0.418 e. The van der Waals surface area contributed by atoms with E-state index < -0.39 is 28.8 Å². The molecule has 0 atom stereocenters. The highest BCUT2D eigenvalue weighted by Crippen LogP contribution is 2.39. The number of urea groups is 1. The first-order valence-electron chi connectivity index (χ1n) is 8.96. The van der Waals surface area contributed by atoms with Crippen LogP contribution in [0.3, 0.4) is 0 Å². The fraction of sp³-hybridized carbons (Fsp3) is 0.0952. The summed E-state index contributed by atoms with van der Waals surface area (Å²) in [5.41, 5.74) is -1.09. The number of aromatic carboxylic acids is 1. The van der Waals surface area contributed by atoms with E-state index in [-0.39, 0.29) is 22.7 Å². The van der Waals surface area contributed by atoms with Gasteiger partial charge in [0, 0.05) is 23.6 Å². The molecule has 2 amide bonds. The molecule has 0 fully saturated rings. The van der Waals surface area contributed by atoms with Crippen molar-refractivity contribution < 1.29 is 32.6 Å². The Labute approximate surface area is 184 Å². The van der Waals surface area contributed by atoms with Gasteiger partial charge < -0.3 is 20.5 Å². The van der Waals surface area contributed by atoms with Gasteiger partial charge in [-0.15, -0.1) is 0 Å². The number of benzene rings is 2. The number of carbonyl (C=O) groups is 2. The number of hydrogen-bond donors (Lipinski definition) is 3. The van der Waals surface area contributed by atoms with Gasteiger partial charge in [0.15, 0.2) is 5.69 Å². The van der Waals surface area contributed by atoms with E-state index in [9.17, 15) is 22.8 Å². The molecule has 0 aliphatic rings. The molecule has 11 heteroatoms. The summed E-state index contributed by atoms with van der Waals surface area (Å²) in [6.45, 7) is 1.21. The fourth-order valence-electron chi connectivity index (χ4n) is 2.78. The normalized spacial score (nSPS) is 11.0. The molecule has 3 aromatic rings. The van der Waals surface area contributed by atoms with Crippen LogP contribution in [0.4, 0.5) is 29.3 Å². The van der Waals surface area contributed by atoms with Gasteiger partial charge in [0.2, 0.25) is 0 Å². The third kappa shape index (κ3) is 5.46. The molecule has 0 bridgehead atoms. The van der Waals surface area contributed by atoms with Gasteiger partial charge in [-0.25, -0.2) is 14.6 Å². The first-order chi connectivity index (χ1) is 15.0. The van der Waals surface area contributed by atoms with Gasteiger partial charge in [-0.1, -0.05) is 11.6 Å². The lowest BCUT2D eigenvalue weighted by Gasteiger charge is -2.16. The summed E-state index contributed by atoms with van der Waals surface area (Å²) < 4.78 is 45.1. The number of aromatic nitrogens is 1. The Kier molecular flexibility index (Phi) is 6.54. The Balaban J connectivity index is 1.67. The molecule has 2 aromatic carbocycles. The number of ether oxygens (including phenoxy) is 1. The number of halogens is 4. The third-order valence-corrected chi connectivity index (χ3v) is 4.56. The standard InChI is InChI=1S/C21H15ClF3N3O4/c1-11-16(7-6-15(22)18(11)21(23,24)25)28-20(31)27-12-2-4-13(5-3-12)32-14-8-9-26-17(10-14)19(29)30/h2-10H,1H3,(H,29,30)(H2,27,28,31). The Bertz CT molecular complexity index is 1170. The fourth-order valence-corrected chi connectivity index (χ4v) is 3.09.